The minimum Gasteiger partial charge on any atom is -0.396 e. The van der Waals surface area contributed by atoms with Crippen molar-refractivity contribution in [2.24, 2.45) is 5.41 Å². The minimum atomic E-state index is 0.103. The van der Waals surface area contributed by atoms with E-state index in [9.17, 15) is 5.11 Å². The van der Waals surface area contributed by atoms with Crippen molar-refractivity contribution in [3.8, 4) is 0 Å². The Kier molecular flexibility index (Phi) is 4.06. The Bertz CT molecular complexity index is 355. The Morgan fingerprint density at radius 2 is 2.44 bits per heavy atom. The lowest BCUT2D eigenvalue weighted by atomic mass is 9.83. The van der Waals surface area contributed by atoms with Gasteiger partial charge in [0.25, 0.3) is 0 Å². The maximum Gasteiger partial charge on any atom is 0.0701 e. The summed E-state index contributed by atoms with van der Waals surface area (Å²) in [4.78, 5) is 2.45. The monoisotopic (exact) mass is 303 g/mol. The first-order chi connectivity index (χ1) is 7.61. The maximum absolute atomic E-state index is 9.41. The van der Waals surface area contributed by atoms with Crippen molar-refractivity contribution in [2.75, 3.05) is 19.7 Å². The lowest BCUT2D eigenvalue weighted by molar-refractivity contribution is 0.0430. The van der Waals surface area contributed by atoms with Crippen molar-refractivity contribution in [1.82, 2.24) is 4.90 Å². The molecule has 2 nitrogen and oxygen atoms in total. The van der Waals surface area contributed by atoms with Crippen LogP contribution in [0.3, 0.4) is 0 Å². The molecule has 0 amide bonds. The summed E-state index contributed by atoms with van der Waals surface area (Å²) in [7, 11) is 0. The van der Waals surface area contributed by atoms with Crippen molar-refractivity contribution >= 4 is 27.3 Å². The Labute approximate surface area is 109 Å². The van der Waals surface area contributed by atoms with Gasteiger partial charge in [-0.1, -0.05) is 6.92 Å². The SMILES string of the molecule is CC1(CO)CCCN(Cc2csc(Br)c2)C1. The fraction of sp³-hybridized carbons (Fsp3) is 0.667. The van der Waals surface area contributed by atoms with E-state index in [0.717, 1.165) is 26.1 Å². The first-order valence-corrected chi connectivity index (χ1v) is 7.35. The highest BCUT2D eigenvalue weighted by Gasteiger charge is 2.30. The largest absolute Gasteiger partial charge is 0.396 e. The van der Waals surface area contributed by atoms with Crippen LogP contribution in [0.15, 0.2) is 15.2 Å². The summed E-state index contributed by atoms with van der Waals surface area (Å²) < 4.78 is 1.20. The van der Waals surface area contributed by atoms with Gasteiger partial charge < -0.3 is 5.11 Å². The van der Waals surface area contributed by atoms with E-state index in [4.69, 9.17) is 0 Å². The number of thiophene rings is 1. The Hall–Kier alpha value is 0.100. The molecule has 1 aliphatic heterocycles. The third-order valence-electron chi connectivity index (χ3n) is 3.27. The van der Waals surface area contributed by atoms with Crippen molar-refractivity contribution in [2.45, 2.75) is 26.3 Å². The Morgan fingerprint density at radius 3 is 3.06 bits per heavy atom. The lowest BCUT2D eigenvalue weighted by Crippen LogP contribution is -2.43. The summed E-state index contributed by atoms with van der Waals surface area (Å²) in [5.74, 6) is 0. The molecule has 2 heterocycles. The predicted octanol–water partition coefficient (Wildman–Crippen LogP) is 3.11. The van der Waals surface area contributed by atoms with Gasteiger partial charge in [0.2, 0.25) is 0 Å². The third kappa shape index (κ3) is 3.06. The molecule has 0 radical (unpaired) electrons. The highest BCUT2D eigenvalue weighted by atomic mass is 79.9. The number of aliphatic hydroxyl groups is 1. The number of hydrogen-bond acceptors (Lipinski definition) is 3. The number of aliphatic hydroxyl groups excluding tert-OH is 1. The average Bonchev–Trinajstić information content (AvgIpc) is 2.64. The fourth-order valence-electron chi connectivity index (χ4n) is 2.38. The van der Waals surface area contributed by atoms with Gasteiger partial charge in [0.1, 0.15) is 0 Å². The van der Waals surface area contributed by atoms with Crippen LogP contribution in [-0.4, -0.2) is 29.7 Å². The van der Waals surface area contributed by atoms with Crippen molar-refractivity contribution in [3.63, 3.8) is 0 Å². The zero-order chi connectivity index (χ0) is 11.6. The van der Waals surface area contributed by atoms with Gasteiger partial charge in [-0.2, -0.15) is 0 Å². The zero-order valence-electron chi connectivity index (χ0n) is 9.58. The number of rotatable bonds is 3. The first-order valence-electron chi connectivity index (χ1n) is 5.67. The quantitative estimate of drug-likeness (QED) is 0.927. The van der Waals surface area contributed by atoms with Crippen LogP contribution in [-0.2, 0) is 6.54 Å². The number of nitrogens with zero attached hydrogens (tertiary/aromatic N) is 1. The molecule has 2 rings (SSSR count). The molecule has 1 N–H and O–H groups in total. The molecular formula is C12H18BrNOS. The minimum absolute atomic E-state index is 0.103. The van der Waals surface area contributed by atoms with E-state index in [0.29, 0.717) is 6.61 Å². The number of hydrogen-bond donors (Lipinski definition) is 1. The van der Waals surface area contributed by atoms with Crippen LogP contribution >= 0.6 is 27.3 Å². The fourth-order valence-corrected chi connectivity index (χ4v) is 3.58. The first kappa shape index (κ1) is 12.6. The van der Waals surface area contributed by atoms with Gasteiger partial charge in [-0.05, 0) is 52.3 Å². The van der Waals surface area contributed by atoms with Crippen LogP contribution in [0.2, 0.25) is 0 Å². The summed E-state index contributed by atoms with van der Waals surface area (Å²) >= 11 is 5.23. The van der Waals surface area contributed by atoms with Crippen molar-refractivity contribution < 1.29 is 5.11 Å². The normalized spacial score (nSPS) is 27.2. The molecular weight excluding hydrogens is 286 g/mol. The van der Waals surface area contributed by atoms with Crippen LogP contribution in [0.25, 0.3) is 0 Å². The second kappa shape index (κ2) is 5.17. The summed E-state index contributed by atoms with van der Waals surface area (Å²) in [5, 5.41) is 11.6. The molecule has 1 saturated heterocycles. The van der Waals surface area contributed by atoms with E-state index in [2.05, 4.69) is 39.2 Å². The molecule has 1 fully saturated rings. The highest BCUT2D eigenvalue weighted by molar-refractivity contribution is 9.11. The number of piperidine rings is 1. The Balaban J connectivity index is 1.95. The van der Waals surface area contributed by atoms with Gasteiger partial charge in [0, 0.05) is 25.1 Å². The van der Waals surface area contributed by atoms with Gasteiger partial charge in [0.15, 0.2) is 0 Å². The highest BCUT2D eigenvalue weighted by Crippen LogP contribution is 2.30. The van der Waals surface area contributed by atoms with Crippen LogP contribution in [0.1, 0.15) is 25.3 Å². The standard InChI is InChI=1S/C12H18BrNOS/c1-12(9-15)3-2-4-14(8-12)6-10-5-11(13)16-7-10/h5,7,15H,2-4,6,8-9H2,1H3. The van der Waals surface area contributed by atoms with Crippen LogP contribution in [0, 0.1) is 5.41 Å². The van der Waals surface area contributed by atoms with Crippen molar-refractivity contribution in [1.29, 1.82) is 0 Å². The van der Waals surface area contributed by atoms with E-state index in [-0.39, 0.29) is 5.41 Å². The molecule has 90 valence electrons. The van der Waals surface area contributed by atoms with E-state index in [1.54, 1.807) is 11.3 Å². The Morgan fingerprint density at radius 1 is 1.62 bits per heavy atom. The molecule has 1 aromatic rings. The molecule has 0 aliphatic carbocycles. The molecule has 4 heteroatoms. The molecule has 1 atom stereocenters. The summed E-state index contributed by atoms with van der Waals surface area (Å²) in [6.07, 6.45) is 2.34. The second-order valence-corrected chi connectivity index (χ2v) is 7.33. The van der Waals surface area contributed by atoms with Gasteiger partial charge in [-0.3, -0.25) is 4.90 Å². The summed E-state index contributed by atoms with van der Waals surface area (Å²) in [6, 6.07) is 2.19. The molecule has 1 aliphatic rings. The van der Waals surface area contributed by atoms with E-state index in [1.807, 2.05) is 0 Å². The smallest absolute Gasteiger partial charge is 0.0701 e. The summed E-state index contributed by atoms with van der Waals surface area (Å²) in [6.45, 7) is 5.66. The summed E-state index contributed by atoms with van der Waals surface area (Å²) in [5.41, 5.74) is 1.48. The van der Waals surface area contributed by atoms with Crippen molar-refractivity contribution in [3.05, 3.63) is 20.8 Å². The van der Waals surface area contributed by atoms with E-state index < -0.39 is 0 Å². The third-order valence-corrected chi connectivity index (χ3v) is 4.82. The molecule has 0 spiro atoms. The molecule has 1 aromatic heterocycles. The predicted molar refractivity (Wildman–Crippen MR) is 71.7 cm³/mol. The number of likely N-dealkylation sites (tertiary alicyclic amines) is 1. The molecule has 0 aromatic carbocycles. The van der Waals surface area contributed by atoms with Crippen LogP contribution in [0.5, 0.6) is 0 Å². The average molecular weight is 304 g/mol. The van der Waals surface area contributed by atoms with Gasteiger partial charge in [0.05, 0.1) is 3.79 Å². The van der Waals surface area contributed by atoms with Gasteiger partial charge in [-0.15, -0.1) is 11.3 Å². The van der Waals surface area contributed by atoms with Gasteiger partial charge in [-0.25, -0.2) is 0 Å². The van der Waals surface area contributed by atoms with E-state index in [1.165, 1.54) is 15.8 Å². The lowest BCUT2D eigenvalue weighted by Gasteiger charge is -2.39. The topological polar surface area (TPSA) is 23.5 Å². The second-order valence-electron chi connectivity index (χ2n) is 5.04. The molecule has 0 saturated carbocycles. The zero-order valence-corrected chi connectivity index (χ0v) is 12.0. The van der Waals surface area contributed by atoms with Crippen LogP contribution in [0.4, 0.5) is 0 Å². The van der Waals surface area contributed by atoms with E-state index >= 15 is 0 Å². The molecule has 0 bridgehead atoms. The molecule has 1 unspecified atom stereocenters. The number of halogens is 1. The maximum atomic E-state index is 9.41. The molecule has 16 heavy (non-hydrogen) atoms. The van der Waals surface area contributed by atoms with Crippen LogP contribution < -0.4 is 0 Å². The van der Waals surface area contributed by atoms with Gasteiger partial charge >= 0.3 is 0 Å².